The molecule has 4 heteroatoms. The fraction of sp³-hybridized carbons (Fsp3) is 0.458. The van der Waals surface area contributed by atoms with Crippen molar-refractivity contribution in [3.05, 3.63) is 58.9 Å². The van der Waals surface area contributed by atoms with E-state index in [1.54, 1.807) is 5.56 Å². The molecule has 2 aliphatic rings. The molecule has 0 spiro atoms. The lowest BCUT2D eigenvalue weighted by molar-refractivity contribution is 0.260. The van der Waals surface area contributed by atoms with Crippen LogP contribution in [0.25, 0.3) is 10.9 Å². The molecule has 0 unspecified atom stereocenters. The number of hydrogen-bond acceptors (Lipinski definition) is 3. The van der Waals surface area contributed by atoms with Crippen molar-refractivity contribution >= 4 is 16.7 Å². The van der Waals surface area contributed by atoms with E-state index in [4.69, 9.17) is 0 Å². The summed E-state index contributed by atoms with van der Waals surface area (Å²) in [6.45, 7) is 11.1. The van der Waals surface area contributed by atoms with Gasteiger partial charge in [0, 0.05) is 56.5 Å². The maximum absolute atomic E-state index is 4.60. The normalized spacial score (nSPS) is 17.4. The third-order valence-electron chi connectivity index (χ3n) is 6.65. The van der Waals surface area contributed by atoms with Crippen LogP contribution in [-0.4, -0.2) is 47.2 Å². The third kappa shape index (κ3) is 3.10. The second-order valence-electron chi connectivity index (χ2n) is 8.40. The van der Waals surface area contributed by atoms with Crippen LogP contribution >= 0.6 is 0 Å². The first-order valence-corrected chi connectivity index (χ1v) is 10.7. The standard InChI is InChI=1S/C24H30N4/c1-18-8-9-23(25-17-18)27-15-13-26(14-16-27)12-10-21-19(2)28-11-4-6-20-5-3-7-22(21)24(20)28/h3,5,7-9,17H,4,6,10-16H2,1-2H3. The van der Waals surface area contributed by atoms with E-state index in [-0.39, 0.29) is 0 Å². The SMILES string of the molecule is Cc1ccc(N2CCN(CCc3c(C)n4c5c(cccc35)CCC4)CC2)nc1. The molecule has 28 heavy (non-hydrogen) atoms. The molecule has 2 aliphatic heterocycles. The molecule has 3 aromatic rings. The van der Waals surface area contributed by atoms with Crippen LogP contribution in [0.1, 0.15) is 28.8 Å². The minimum atomic E-state index is 1.07. The van der Waals surface area contributed by atoms with Crippen LogP contribution in [0.5, 0.6) is 0 Å². The summed E-state index contributed by atoms with van der Waals surface area (Å²) >= 11 is 0. The maximum atomic E-state index is 4.60. The second kappa shape index (κ2) is 7.25. The van der Waals surface area contributed by atoms with Gasteiger partial charge in [0.2, 0.25) is 0 Å². The number of para-hydroxylation sites is 1. The lowest BCUT2D eigenvalue weighted by Crippen LogP contribution is -2.47. The van der Waals surface area contributed by atoms with Crippen molar-refractivity contribution in [3.63, 3.8) is 0 Å². The molecule has 0 saturated carbocycles. The summed E-state index contributed by atoms with van der Waals surface area (Å²) in [6, 6.07) is 11.2. The topological polar surface area (TPSA) is 24.3 Å². The predicted octanol–water partition coefficient (Wildman–Crippen LogP) is 3.96. The fourth-order valence-electron chi connectivity index (χ4n) is 5.02. The molecule has 1 fully saturated rings. The summed E-state index contributed by atoms with van der Waals surface area (Å²) in [5.74, 6) is 1.12. The highest BCUT2D eigenvalue weighted by Crippen LogP contribution is 2.32. The summed E-state index contributed by atoms with van der Waals surface area (Å²) in [4.78, 5) is 9.64. The number of rotatable bonds is 4. The minimum Gasteiger partial charge on any atom is -0.354 e. The Labute approximate surface area is 167 Å². The Morgan fingerprint density at radius 2 is 1.82 bits per heavy atom. The zero-order valence-electron chi connectivity index (χ0n) is 17.1. The average molecular weight is 375 g/mol. The smallest absolute Gasteiger partial charge is 0.128 e. The van der Waals surface area contributed by atoms with Crippen LogP contribution < -0.4 is 4.90 Å². The number of aromatic nitrogens is 2. The van der Waals surface area contributed by atoms with Gasteiger partial charge >= 0.3 is 0 Å². The van der Waals surface area contributed by atoms with Crippen LogP contribution in [-0.2, 0) is 19.4 Å². The Bertz CT molecular complexity index is 978. The Balaban J connectivity index is 1.26. The molecule has 146 valence electrons. The Morgan fingerprint density at radius 3 is 2.61 bits per heavy atom. The van der Waals surface area contributed by atoms with Gasteiger partial charge in [-0.15, -0.1) is 0 Å². The number of piperazine rings is 1. The van der Waals surface area contributed by atoms with E-state index in [1.807, 2.05) is 6.20 Å². The van der Waals surface area contributed by atoms with Crippen LogP contribution in [0.2, 0.25) is 0 Å². The molecule has 4 nitrogen and oxygen atoms in total. The first kappa shape index (κ1) is 17.7. The Kier molecular flexibility index (Phi) is 4.59. The number of nitrogens with zero attached hydrogens (tertiary/aromatic N) is 4. The number of pyridine rings is 1. The van der Waals surface area contributed by atoms with Crippen molar-refractivity contribution < 1.29 is 0 Å². The van der Waals surface area contributed by atoms with Gasteiger partial charge in [-0.2, -0.15) is 0 Å². The highest BCUT2D eigenvalue weighted by Gasteiger charge is 2.22. The molecule has 2 aromatic heterocycles. The minimum absolute atomic E-state index is 1.07. The fourth-order valence-corrected chi connectivity index (χ4v) is 5.02. The molecule has 0 atom stereocenters. The van der Waals surface area contributed by atoms with Crippen LogP contribution in [0.15, 0.2) is 36.5 Å². The van der Waals surface area contributed by atoms with Crippen molar-refractivity contribution in [1.82, 2.24) is 14.5 Å². The number of aryl methyl sites for hydroxylation is 3. The zero-order chi connectivity index (χ0) is 19.1. The van der Waals surface area contributed by atoms with E-state index in [0.29, 0.717) is 0 Å². The van der Waals surface area contributed by atoms with Crippen LogP contribution in [0, 0.1) is 13.8 Å². The molecule has 0 N–H and O–H groups in total. The van der Waals surface area contributed by atoms with Crippen molar-refractivity contribution in [3.8, 4) is 0 Å². The molecular weight excluding hydrogens is 344 g/mol. The van der Waals surface area contributed by atoms with E-state index in [1.165, 1.54) is 47.1 Å². The van der Waals surface area contributed by atoms with Crippen molar-refractivity contribution in [2.45, 2.75) is 39.7 Å². The summed E-state index contributed by atoms with van der Waals surface area (Å²) < 4.78 is 2.57. The summed E-state index contributed by atoms with van der Waals surface area (Å²) in [5, 5.41) is 1.50. The predicted molar refractivity (Wildman–Crippen MR) is 116 cm³/mol. The summed E-state index contributed by atoms with van der Waals surface area (Å²) in [7, 11) is 0. The second-order valence-corrected chi connectivity index (χ2v) is 8.40. The molecule has 0 amide bonds. The van der Waals surface area contributed by atoms with E-state index in [0.717, 1.165) is 45.0 Å². The van der Waals surface area contributed by atoms with Gasteiger partial charge in [-0.25, -0.2) is 4.98 Å². The Hall–Kier alpha value is -2.33. The van der Waals surface area contributed by atoms with Gasteiger partial charge in [-0.05, 0) is 55.9 Å². The van der Waals surface area contributed by atoms with Gasteiger partial charge < -0.3 is 9.47 Å². The lowest BCUT2D eigenvalue weighted by Gasteiger charge is -2.35. The van der Waals surface area contributed by atoms with Crippen molar-refractivity contribution in [2.24, 2.45) is 0 Å². The van der Waals surface area contributed by atoms with Gasteiger partial charge in [-0.3, -0.25) is 4.90 Å². The molecular formula is C24H30N4. The highest BCUT2D eigenvalue weighted by atomic mass is 15.3. The van der Waals surface area contributed by atoms with Crippen molar-refractivity contribution in [1.29, 1.82) is 0 Å². The molecule has 1 aromatic carbocycles. The monoisotopic (exact) mass is 374 g/mol. The molecule has 0 aliphatic carbocycles. The van der Waals surface area contributed by atoms with E-state index in [2.05, 4.69) is 63.5 Å². The Morgan fingerprint density at radius 1 is 0.964 bits per heavy atom. The first-order chi connectivity index (χ1) is 13.7. The molecule has 0 radical (unpaired) electrons. The van der Waals surface area contributed by atoms with Gasteiger partial charge in [-0.1, -0.05) is 24.3 Å². The van der Waals surface area contributed by atoms with Crippen LogP contribution in [0.3, 0.4) is 0 Å². The number of benzene rings is 1. The summed E-state index contributed by atoms with van der Waals surface area (Å²) in [6.07, 6.45) is 5.63. The average Bonchev–Trinajstić information content (AvgIpc) is 3.01. The molecule has 1 saturated heterocycles. The lowest BCUT2D eigenvalue weighted by atomic mass is 10.0. The van der Waals surface area contributed by atoms with Gasteiger partial charge in [0.1, 0.15) is 5.82 Å². The van der Waals surface area contributed by atoms with E-state index in [9.17, 15) is 0 Å². The van der Waals surface area contributed by atoms with Gasteiger partial charge in [0.05, 0.1) is 5.52 Å². The largest absolute Gasteiger partial charge is 0.354 e. The summed E-state index contributed by atoms with van der Waals surface area (Å²) in [5.41, 5.74) is 7.34. The quantitative estimate of drug-likeness (QED) is 0.691. The molecule has 0 bridgehead atoms. The number of hydrogen-bond donors (Lipinski definition) is 0. The maximum Gasteiger partial charge on any atom is 0.128 e. The van der Waals surface area contributed by atoms with Crippen LogP contribution in [0.4, 0.5) is 5.82 Å². The van der Waals surface area contributed by atoms with Gasteiger partial charge in [0.15, 0.2) is 0 Å². The van der Waals surface area contributed by atoms with E-state index < -0.39 is 0 Å². The van der Waals surface area contributed by atoms with Crippen molar-refractivity contribution in [2.75, 3.05) is 37.6 Å². The highest BCUT2D eigenvalue weighted by molar-refractivity contribution is 5.88. The zero-order valence-corrected chi connectivity index (χ0v) is 17.1. The first-order valence-electron chi connectivity index (χ1n) is 10.7. The molecule has 4 heterocycles. The third-order valence-corrected chi connectivity index (χ3v) is 6.65. The number of anilines is 1. The van der Waals surface area contributed by atoms with E-state index >= 15 is 0 Å². The molecule has 5 rings (SSSR count). The van der Waals surface area contributed by atoms with Gasteiger partial charge in [0.25, 0.3) is 0 Å².